The fourth-order valence-electron chi connectivity index (χ4n) is 2.26. The zero-order chi connectivity index (χ0) is 15.7. The molecule has 0 heterocycles. The molecule has 116 valence electrons. The van der Waals surface area contributed by atoms with Crippen molar-refractivity contribution >= 4 is 11.9 Å². The smallest absolute Gasteiger partial charge is 0.396 e. The maximum atomic E-state index is 11.7. The van der Waals surface area contributed by atoms with Gasteiger partial charge in [-0.25, -0.2) is 4.79 Å². The normalized spacial score (nSPS) is 12.0. The summed E-state index contributed by atoms with van der Waals surface area (Å²) in [7, 11) is 0. The van der Waals surface area contributed by atoms with Crippen LogP contribution in [-0.4, -0.2) is 43.0 Å². The highest BCUT2D eigenvalue weighted by atomic mass is 16.5. The van der Waals surface area contributed by atoms with Crippen LogP contribution in [-0.2, 0) is 14.3 Å². The van der Waals surface area contributed by atoms with Crippen LogP contribution in [0.2, 0.25) is 0 Å². The first-order chi connectivity index (χ1) is 10.1. The average molecular weight is 292 g/mol. The first-order valence-electron chi connectivity index (χ1n) is 7.37. The lowest BCUT2D eigenvalue weighted by atomic mass is 10.1. The Balaban J connectivity index is 2.75. The molecule has 0 aliphatic carbocycles. The van der Waals surface area contributed by atoms with E-state index >= 15 is 0 Å². The number of likely N-dealkylation sites (N-methyl/N-ethyl adjacent to an activating group) is 1. The second kappa shape index (κ2) is 9.13. The number of amides is 1. The molecule has 5 heteroatoms. The summed E-state index contributed by atoms with van der Waals surface area (Å²) in [6, 6.07) is 10.00. The number of hydrogen-bond acceptors (Lipinski definition) is 4. The zero-order valence-corrected chi connectivity index (χ0v) is 13.0. The topological polar surface area (TPSA) is 58.6 Å². The van der Waals surface area contributed by atoms with E-state index in [1.807, 2.05) is 30.3 Å². The van der Waals surface area contributed by atoms with Crippen molar-refractivity contribution in [3.05, 3.63) is 35.9 Å². The van der Waals surface area contributed by atoms with Crippen LogP contribution in [0.25, 0.3) is 0 Å². The van der Waals surface area contributed by atoms with Crippen LogP contribution in [0.1, 0.15) is 32.4 Å². The van der Waals surface area contributed by atoms with Crippen molar-refractivity contribution < 1.29 is 14.3 Å². The second-order valence-corrected chi connectivity index (χ2v) is 4.58. The minimum absolute atomic E-state index is 0.0413. The number of carbonyl (C=O) groups excluding carboxylic acids is 2. The van der Waals surface area contributed by atoms with Crippen LogP contribution in [0.5, 0.6) is 0 Å². The molecular weight excluding hydrogens is 268 g/mol. The van der Waals surface area contributed by atoms with Crippen LogP contribution < -0.4 is 5.32 Å². The van der Waals surface area contributed by atoms with Crippen molar-refractivity contribution in [1.82, 2.24) is 10.2 Å². The quantitative estimate of drug-likeness (QED) is 0.614. The number of hydrogen-bond donors (Lipinski definition) is 1. The van der Waals surface area contributed by atoms with Gasteiger partial charge in [-0.15, -0.1) is 0 Å². The van der Waals surface area contributed by atoms with E-state index in [9.17, 15) is 9.59 Å². The molecule has 5 nitrogen and oxygen atoms in total. The van der Waals surface area contributed by atoms with Crippen molar-refractivity contribution in [3.8, 4) is 0 Å². The molecule has 1 aromatic carbocycles. The fraction of sp³-hybridized carbons (Fsp3) is 0.500. The zero-order valence-electron chi connectivity index (χ0n) is 13.0. The number of nitrogens with zero attached hydrogens (tertiary/aromatic N) is 1. The van der Waals surface area contributed by atoms with Gasteiger partial charge in [0.05, 0.1) is 12.6 Å². The lowest BCUT2D eigenvalue weighted by molar-refractivity contribution is -0.154. The van der Waals surface area contributed by atoms with Crippen molar-refractivity contribution in [1.29, 1.82) is 0 Å². The Morgan fingerprint density at radius 2 is 1.76 bits per heavy atom. The molecule has 0 aliphatic rings. The Kier molecular flexibility index (Phi) is 7.46. The Morgan fingerprint density at radius 3 is 2.29 bits per heavy atom. The molecule has 1 unspecified atom stereocenters. The standard InChI is InChI=1S/C16H24N2O3/c1-4-18(5-2)14(13-10-8-7-9-11-13)12-17-15(19)16(20)21-6-3/h7-11,14H,4-6,12H2,1-3H3,(H,17,19). The van der Waals surface area contributed by atoms with Crippen LogP contribution in [0.15, 0.2) is 30.3 Å². The molecule has 1 rings (SSSR count). The van der Waals surface area contributed by atoms with Crippen LogP contribution in [0, 0.1) is 0 Å². The molecule has 0 aromatic heterocycles. The van der Waals surface area contributed by atoms with Crippen molar-refractivity contribution in [3.63, 3.8) is 0 Å². The van der Waals surface area contributed by atoms with E-state index in [2.05, 4.69) is 24.1 Å². The molecule has 1 aromatic rings. The van der Waals surface area contributed by atoms with E-state index in [0.717, 1.165) is 18.7 Å². The highest BCUT2D eigenvalue weighted by Crippen LogP contribution is 2.19. The lowest BCUT2D eigenvalue weighted by Crippen LogP contribution is -2.40. The van der Waals surface area contributed by atoms with Gasteiger partial charge in [0.2, 0.25) is 0 Å². The molecule has 1 amide bonds. The summed E-state index contributed by atoms with van der Waals surface area (Å²) in [5.74, 6) is -1.52. The number of nitrogens with one attached hydrogen (secondary N) is 1. The van der Waals surface area contributed by atoms with Gasteiger partial charge < -0.3 is 10.1 Å². The summed E-state index contributed by atoms with van der Waals surface area (Å²) < 4.78 is 4.69. The maximum absolute atomic E-state index is 11.7. The van der Waals surface area contributed by atoms with E-state index in [1.54, 1.807) is 6.92 Å². The summed E-state index contributed by atoms with van der Waals surface area (Å²) in [5.41, 5.74) is 1.12. The Hall–Kier alpha value is -1.88. The third kappa shape index (κ3) is 5.19. The first-order valence-corrected chi connectivity index (χ1v) is 7.37. The first kappa shape index (κ1) is 17.2. The van der Waals surface area contributed by atoms with E-state index in [1.165, 1.54) is 0 Å². The van der Waals surface area contributed by atoms with Gasteiger partial charge in [-0.2, -0.15) is 0 Å². The highest BCUT2D eigenvalue weighted by Gasteiger charge is 2.21. The second-order valence-electron chi connectivity index (χ2n) is 4.58. The summed E-state index contributed by atoms with van der Waals surface area (Å²) in [6.07, 6.45) is 0. The summed E-state index contributed by atoms with van der Waals surface area (Å²) in [5, 5.41) is 2.66. The van der Waals surface area contributed by atoms with Gasteiger partial charge in [0.1, 0.15) is 0 Å². The minimum Gasteiger partial charge on any atom is -0.459 e. The maximum Gasteiger partial charge on any atom is 0.396 e. The Labute approximate surface area is 126 Å². The Bertz CT molecular complexity index is 444. The number of benzene rings is 1. The van der Waals surface area contributed by atoms with Crippen molar-refractivity contribution in [2.24, 2.45) is 0 Å². The van der Waals surface area contributed by atoms with Crippen LogP contribution in [0.4, 0.5) is 0 Å². The van der Waals surface area contributed by atoms with Gasteiger partial charge in [0, 0.05) is 6.54 Å². The summed E-state index contributed by atoms with van der Waals surface area (Å²) in [6.45, 7) is 8.14. The molecule has 0 saturated carbocycles. The van der Waals surface area contributed by atoms with E-state index < -0.39 is 11.9 Å². The van der Waals surface area contributed by atoms with E-state index in [-0.39, 0.29) is 12.6 Å². The molecule has 0 fully saturated rings. The number of ether oxygens (including phenoxy) is 1. The van der Waals surface area contributed by atoms with Gasteiger partial charge in [-0.05, 0) is 25.6 Å². The minimum atomic E-state index is -0.830. The third-order valence-corrected chi connectivity index (χ3v) is 3.35. The SMILES string of the molecule is CCOC(=O)C(=O)NCC(c1ccccc1)N(CC)CC. The number of carbonyl (C=O) groups is 2. The molecule has 0 spiro atoms. The lowest BCUT2D eigenvalue weighted by Gasteiger charge is -2.30. The predicted molar refractivity (Wildman–Crippen MR) is 81.7 cm³/mol. The average Bonchev–Trinajstić information content (AvgIpc) is 2.52. The molecule has 0 bridgehead atoms. The molecule has 1 atom stereocenters. The molecule has 0 saturated heterocycles. The summed E-state index contributed by atoms with van der Waals surface area (Å²) in [4.78, 5) is 25.3. The van der Waals surface area contributed by atoms with Crippen molar-refractivity contribution in [2.45, 2.75) is 26.8 Å². The van der Waals surface area contributed by atoms with Gasteiger partial charge >= 0.3 is 11.9 Å². The molecule has 0 radical (unpaired) electrons. The third-order valence-electron chi connectivity index (χ3n) is 3.35. The van der Waals surface area contributed by atoms with Crippen LogP contribution in [0.3, 0.4) is 0 Å². The van der Waals surface area contributed by atoms with Gasteiger partial charge in [-0.3, -0.25) is 9.69 Å². The van der Waals surface area contributed by atoms with Gasteiger partial charge in [0.25, 0.3) is 0 Å². The molecule has 0 aliphatic heterocycles. The highest BCUT2D eigenvalue weighted by molar-refractivity contribution is 6.32. The molecule has 1 N–H and O–H groups in total. The largest absolute Gasteiger partial charge is 0.459 e. The van der Waals surface area contributed by atoms with Gasteiger partial charge in [-0.1, -0.05) is 44.2 Å². The van der Waals surface area contributed by atoms with Crippen molar-refractivity contribution in [2.75, 3.05) is 26.2 Å². The predicted octanol–water partition coefficient (Wildman–Crippen LogP) is 1.75. The van der Waals surface area contributed by atoms with Crippen LogP contribution >= 0.6 is 0 Å². The summed E-state index contributed by atoms with van der Waals surface area (Å²) >= 11 is 0. The van der Waals surface area contributed by atoms with E-state index in [0.29, 0.717) is 6.54 Å². The number of esters is 1. The molecular formula is C16H24N2O3. The Morgan fingerprint density at radius 1 is 1.14 bits per heavy atom. The van der Waals surface area contributed by atoms with E-state index in [4.69, 9.17) is 4.74 Å². The molecule has 21 heavy (non-hydrogen) atoms. The fourth-order valence-corrected chi connectivity index (χ4v) is 2.26. The number of rotatable bonds is 7. The monoisotopic (exact) mass is 292 g/mol. The van der Waals surface area contributed by atoms with Gasteiger partial charge in [0.15, 0.2) is 0 Å².